The molecule has 0 saturated carbocycles. The van der Waals surface area contributed by atoms with Crippen molar-refractivity contribution in [2.24, 2.45) is 0 Å². The van der Waals surface area contributed by atoms with Crippen LogP contribution < -0.4 is 4.31 Å². The van der Waals surface area contributed by atoms with Crippen molar-refractivity contribution in [1.29, 1.82) is 0 Å². The van der Waals surface area contributed by atoms with Gasteiger partial charge in [0.25, 0.3) is 10.0 Å². The van der Waals surface area contributed by atoms with Gasteiger partial charge < -0.3 is 4.98 Å². The van der Waals surface area contributed by atoms with E-state index < -0.39 is 10.0 Å². The second-order valence-corrected chi connectivity index (χ2v) is 6.85. The number of fused-ring (bicyclic) bond motifs is 1. The fraction of sp³-hybridized carbons (Fsp3) is 0.0714. The molecule has 3 rings (SSSR count). The monoisotopic (exact) mass is 321 g/mol. The Morgan fingerprint density at radius 1 is 1.19 bits per heavy atom. The molecule has 0 fully saturated rings. The Labute approximate surface area is 127 Å². The summed E-state index contributed by atoms with van der Waals surface area (Å²) >= 11 is 6.00. The first-order chi connectivity index (χ1) is 10.00. The van der Waals surface area contributed by atoms with Crippen LogP contribution in [0.1, 0.15) is 0 Å². The number of nitrogens with one attached hydrogen (secondary N) is 1. The van der Waals surface area contributed by atoms with Crippen LogP contribution in [0.2, 0.25) is 5.02 Å². The van der Waals surface area contributed by atoms with Crippen molar-refractivity contribution in [3.8, 4) is 0 Å². The molecule has 0 atom stereocenters. The van der Waals surface area contributed by atoms with E-state index in [0.29, 0.717) is 5.69 Å². The molecule has 0 aliphatic rings. The van der Waals surface area contributed by atoms with E-state index in [0.717, 1.165) is 11.0 Å². The Kier molecular flexibility index (Phi) is 3.35. The van der Waals surface area contributed by atoms with Crippen molar-refractivity contribution < 1.29 is 8.42 Å². The Hall–Kier alpha value is -2.05. The summed E-state index contributed by atoms with van der Waals surface area (Å²) in [4.78, 5) is 7.15. The normalized spacial score (nSPS) is 11.7. The lowest BCUT2D eigenvalue weighted by Gasteiger charge is -2.20. The molecule has 3 aromatic rings. The highest BCUT2D eigenvalue weighted by molar-refractivity contribution is 7.93. The molecule has 0 aliphatic carbocycles. The zero-order valence-corrected chi connectivity index (χ0v) is 12.7. The van der Waals surface area contributed by atoms with Gasteiger partial charge in [0.1, 0.15) is 4.90 Å². The molecule has 1 N–H and O–H groups in total. The Bertz CT molecular complexity index is 905. The zero-order valence-electron chi connectivity index (χ0n) is 11.1. The van der Waals surface area contributed by atoms with Crippen LogP contribution in [-0.4, -0.2) is 25.4 Å². The minimum absolute atomic E-state index is 0.0823. The average Bonchev–Trinajstić information content (AvgIpc) is 2.94. The van der Waals surface area contributed by atoms with Crippen LogP contribution in [0, 0.1) is 0 Å². The molecule has 7 heteroatoms. The van der Waals surface area contributed by atoms with Crippen LogP contribution in [0.15, 0.2) is 53.7 Å². The van der Waals surface area contributed by atoms with Gasteiger partial charge in [-0.05, 0) is 30.3 Å². The number of nitrogens with zero attached hydrogens (tertiary/aromatic N) is 2. The van der Waals surface area contributed by atoms with Gasteiger partial charge in [0.2, 0.25) is 0 Å². The van der Waals surface area contributed by atoms with Crippen molar-refractivity contribution in [2.75, 3.05) is 11.4 Å². The van der Waals surface area contributed by atoms with Gasteiger partial charge in [-0.25, -0.2) is 13.4 Å². The summed E-state index contributed by atoms with van der Waals surface area (Å²) in [5.74, 6) is 0. The number of halogens is 1. The summed E-state index contributed by atoms with van der Waals surface area (Å²) in [7, 11) is -2.21. The lowest BCUT2D eigenvalue weighted by Crippen LogP contribution is -2.26. The molecule has 0 aliphatic heterocycles. The topological polar surface area (TPSA) is 66.1 Å². The smallest absolute Gasteiger partial charge is 0.265 e. The number of rotatable bonds is 3. The minimum atomic E-state index is -3.71. The molecular formula is C14H12ClN3O2S. The Morgan fingerprint density at radius 3 is 2.71 bits per heavy atom. The second kappa shape index (κ2) is 5.05. The molecule has 1 heterocycles. The molecule has 21 heavy (non-hydrogen) atoms. The van der Waals surface area contributed by atoms with E-state index in [-0.39, 0.29) is 9.92 Å². The average molecular weight is 322 g/mol. The fourth-order valence-electron chi connectivity index (χ4n) is 2.06. The SMILES string of the molecule is CN(c1ccc2nc[nH]c2c1)S(=O)(=O)c1ccccc1Cl. The number of aromatic amines is 1. The minimum Gasteiger partial charge on any atom is -0.345 e. The van der Waals surface area contributed by atoms with E-state index in [1.807, 2.05) is 0 Å². The van der Waals surface area contributed by atoms with E-state index in [2.05, 4.69) is 9.97 Å². The van der Waals surface area contributed by atoms with E-state index >= 15 is 0 Å². The molecule has 0 spiro atoms. The van der Waals surface area contributed by atoms with Gasteiger partial charge in [-0.3, -0.25) is 4.31 Å². The predicted molar refractivity (Wildman–Crippen MR) is 83.1 cm³/mol. The van der Waals surface area contributed by atoms with Crippen LogP contribution >= 0.6 is 11.6 Å². The maximum absolute atomic E-state index is 12.6. The van der Waals surface area contributed by atoms with Crippen LogP contribution in [0.5, 0.6) is 0 Å². The number of hydrogen-bond donors (Lipinski definition) is 1. The van der Waals surface area contributed by atoms with Crippen LogP contribution in [-0.2, 0) is 10.0 Å². The zero-order chi connectivity index (χ0) is 15.0. The summed E-state index contributed by atoms with van der Waals surface area (Å²) in [6, 6.07) is 11.6. The largest absolute Gasteiger partial charge is 0.345 e. The molecule has 108 valence electrons. The number of imidazole rings is 1. The fourth-order valence-corrected chi connectivity index (χ4v) is 3.74. The van der Waals surface area contributed by atoms with Crippen molar-refractivity contribution in [2.45, 2.75) is 4.90 Å². The molecule has 0 radical (unpaired) electrons. The first-order valence-corrected chi connectivity index (χ1v) is 7.98. The highest BCUT2D eigenvalue weighted by atomic mass is 35.5. The lowest BCUT2D eigenvalue weighted by molar-refractivity contribution is 0.594. The van der Waals surface area contributed by atoms with Gasteiger partial charge in [0.15, 0.2) is 0 Å². The summed E-state index contributed by atoms with van der Waals surface area (Å²) in [5, 5.41) is 0.201. The van der Waals surface area contributed by atoms with Crippen molar-refractivity contribution in [1.82, 2.24) is 9.97 Å². The van der Waals surface area contributed by atoms with Gasteiger partial charge in [0, 0.05) is 7.05 Å². The summed E-state index contributed by atoms with van der Waals surface area (Å²) in [6.45, 7) is 0. The van der Waals surface area contributed by atoms with Crippen LogP contribution in [0.4, 0.5) is 5.69 Å². The Balaban J connectivity index is 2.08. The quantitative estimate of drug-likeness (QED) is 0.806. The first kappa shape index (κ1) is 13.9. The maximum Gasteiger partial charge on any atom is 0.265 e. The van der Waals surface area contributed by atoms with Crippen LogP contribution in [0.25, 0.3) is 11.0 Å². The third-order valence-electron chi connectivity index (χ3n) is 3.24. The van der Waals surface area contributed by atoms with E-state index in [9.17, 15) is 8.42 Å². The molecule has 1 aromatic heterocycles. The van der Waals surface area contributed by atoms with E-state index in [1.165, 1.54) is 17.4 Å². The standard InChI is InChI=1S/C14H12ClN3O2S/c1-18(10-6-7-12-13(8-10)17-9-16-12)21(19,20)14-5-3-2-4-11(14)15/h2-9H,1H3,(H,16,17). The number of benzene rings is 2. The van der Waals surface area contributed by atoms with E-state index in [4.69, 9.17) is 11.6 Å². The van der Waals surface area contributed by atoms with E-state index in [1.54, 1.807) is 42.7 Å². The van der Waals surface area contributed by atoms with Gasteiger partial charge in [-0.2, -0.15) is 0 Å². The molecule has 0 amide bonds. The summed E-state index contributed by atoms with van der Waals surface area (Å²) in [6.07, 6.45) is 1.57. The van der Waals surface area contributed by atoms with Gasteiger partial charge in [-0.1, -0.05) is 23.7 Å². The van der Waals surface area contributed by atoms with Crippen molar-refractivity contribution in [3.63, 3.8) is 0 Å². The number of sulfonamides is 1. The molecular weight excluding hydrogens is 310 g/mol. The summed E-state index contributed by atoms with van der Waals surface area (Å²) < 4.78 is 26.5. The predicted octanol–water partition coefficient (Wildman–Crippen LogP) is 3.04. The van der Waals surface area contributed by atoms with Crippen molar-refractivity contribution >= 4 is 38.3 Å². The van der Waals surface area contributed by atoms with Gasteiger partial charge >= 0.3 is 0 Å². The van der Waals surface area contributed by atoms with Crippen LogP contribution in [0.3, 0.4) is 0 Å². The third kappa shape index (κ3) is 2.36. The molecule has 0 unspecified atom stereocenters. The summed E-state index contributed by atoms with van der Waals surface area (Å²) in [5.41, 5.74) is 2.09. The number of hydrogen-bond acceptors (Lipinski definition) is 3. The highest BCUT2D eigenvalue weighted by Gasteiger charge is 2.23. The van der Waals surface area contributed by atoms with Crippen molar-refractivity contribution in [3.05, 3.63) is 53.8 Å². The lowest BCUT2D eigenvalue weighted by atomic mass is 10.3. The molecule has 2 aromatic carbocycles. The molecule has 0 bridgehead atoms. The molecule has 5 nitrogen and oxygen atoms in total. The maximum atomic E-state index is 12.6. The first-order valence-electron chi connectivity index (χ1n) is 6.17. The second-order valence-electron chi connectivity index (χ2n) is 4.51. The Morgan fingerprint density at radius 2 is 1.95 bits per heavy atom. The third-order valence-corrected chi connectivity index (χ3v) is 5.53. The highest BCUT2D eigenvalue weighted by Crippen LogP contribution is 2.28. The van der Waals surface area contributed by atoms with Gasteiger partial charge in [0.05, 0.1) is 28.1 Å². The molecule has 0 saturated heterocycles. The number of anilines is 1. The number of H-pyrrole nitrogens is 1. The number of aromatic nitrogens is 2. The van der Waals surface area contributed by atoms with Gasteiger partial charge in [-0.15, -0.1) is 0 Å².